The SMILES string of the molecule is CC1CCCCC(=CCl)CC(C(C)(C)C)OC(=O)CC=CN(C)C1=O. The van der Waals surface area contributed by atoms with Gasteiger partial charge in [-0.1, -0.05) is 57.4 Å². The Kier molecular flexibility index (Phi) is 8.70. The monoisotopic (exact) mass is 369 g/mol. The first kappa shape index (κ1) is 21.8. The number of rotatable bonds is 0. The third kappa shape index (κ3) is 7.64. The highest BCUT2D eigenvalue weighted by molar-refractivity contribution is 6.25. The Labute approximate surface area is 157 Å². The maximum atomic E-state index is 12.3. The van der Waals surface area contributed by atoms with E-state index in [9.17, 15) is 9.59 Å². The van der Waals surface area contributed by atoms with Crippen LogP contribution in [-0.2, 0) is 14.3 Å². The highest BCUT2D eigenvalue weighted by atomic mass is 35.5. The zero-order valence-corrected chi connectivity index (χ0v) is 16.9. The van der Waals surface area contributed by atoms with Gasteiger partial charge in [0.25, 0.3) is 0 Å². The van der Waals surface area contributed by atoms with Crippen molar-refractivity contribution in [2.75, 3.05) is 7.05 Å². The lowest BCUT2D eigenvalue weighted by Crippen LogP contribution is -2.32. The molecule has 0 N–H and O–H groups in total. The van der Waals surface area contributed by atoms with Gasteiger partial charge in [0.2, 0.25) is 5.91 Å². The fourth-order valence-corrected chi connectivity index (χ4v) is 3.02. The number of carbonyl (C=O) groups is 2. The van der Waals surface area contributed by atoms with Gasteiger partial charge in [-0.3, -0.25) is 9.59 Å². The molecule has 1 heterocycles. The fourth-order valence-electron chi connectivity index (χ4n) is 2.82. The van der Waals surface area contributed by atoms with E-state index >= 15 is 0 Å². The fraction of sp³-hybridized carbons (Fsp3) is 0.700. The number of amides is 1. The van der Waals surface area contributed by atoms with E-state index in [2.05, 4.69) is 20.8 Å². The molecule has 0 aromatic rings. The number of nitrogens with zero attached hydrogens (tertiary/aromatic N) is 1. The molecule has 1 aliphatic rings. The second kappa shape index (κ2) is 10.0. The Hall–Kier alpha value is -1.29. The van der Waals surface area contributed by atoms with Crippen molar-refractivity contribution in [2.45, 2.75) is 72.3 Å². The average Bonchev–Trinajstić information content (AvgIpc) is 2.53. The molecule has 0 aromatic heterocycles. The lowest BCUT2D eigenvalue weighted by molar-refractivity contribution is -0.153. The summed E-state index contributed by atoms with van der Waals surface area (Å²) >= 11 is 6.01. The molecule has 0 saturated heterocycles. The van der Waals surface area contributed by atoms with Gasteiger partial charge in [0, 0.05) is 31.1 Å². The minimum Gasteiger partial charge on any atom is -0.461 e. The molecule has 142 valence electrons. The summed E-state index contributed by atoms with van der Waals surface area (Å²) in [5.74, 6) is -0.244. The van der Waals surface area contributed by atoms with Crippen LogP contribution >= 0.6 is 11.6 Å². The zero-order valence-electron chi connectivity index (χ0n) is 16.2. The van der Waals surface area contributed by atoms with Crippen molar-refractivity contribution in [2.24, 2.45) is 11.3 Å². The largest absolute Gasteiger partial charge is 0.461 e. The third-order valence-corrected chi connectivity index (χ3v) is 4.92. The molecule has 1 aliphatic heterocycles. The number of esters is 1. The molecule has 0 spiro atoms. The molecule has 0 bridgehead atoms. The molecule has 0 aliphatic carbocycles. The lowest BCUT2D eigenvalue weighted by Gasteiger charge is -2.31. The molecule has 0 aromatic carbocycles. The number of carbonyl (C=O) groups excluding carboxylic acids is 2. The molecular weight excluding hydrogens is 338 g/mol. The Balaban J connectivity index is 2.95. The maximum Gasteiger partial charge on any atom is 0.309 e. The predicted molar refractivity (Wildman–Crippen MR) is 102 cm³/mol. The first-order valence-corrected chi connectivity index (χ1v) is 9.49. The van der Waals surface area contributed by atoms with Crippen LogP contribution in [0.25, 0.3) is 0 Å². The molecule has 25 heavy (non-hydrogen) atoms. The van der Waals surface area contributed by atoms with E-state index < -0.39 is 0 Å². The normalized spacial score (nSPS) is 27.0. The first-order chi connectivity index (χ1) is 11.6. The minimum absolute atomic E-state index is 0.0301. The second-order valence-corrected chi connectivity index (χ2v) is 8.22. The van der Waals surface area contributed by atoms with Crippen LogP contribution in [-0.4, -0.2) is 29.9 Å². The number of ether oxygens (including phenoxy) is 1. The van der Waals surface area contributed by atoms with Crippen LogP contribution in [0.3, 0.4) is 0 Å². The van der Waals surface area contributed by atoms with Gasteiger partial charge in [0.1, 0.15) is 6.10 Å². The summed E-state index contributed by atoms with van der Waals surface area (Å²) in [4.78, 5) is 26.0. The Morgan fingerprint density at radius 3 is 2.56 bits per heavy atom. The van der Waals surface area contributed by atoms with E-state index in [1.54, 1.807) is 29.8 Å². The van der Waals surface area contributed by atoms with Gasteiger partial charge in [-0.25, -0.2) is 0 Å². The van der Waals surface area contributed by atoms with Gasteiger partial charge in [-0.05, 0) is 24.7 Å². The van der Waals surface area contributed by atoms with Crippen LogP contribution in [0, 0.1) is 11.3 Å². The molecule has 5 heteroatoms. The summed E-state index contributed by atoms with van der Waals surface area (Å²) < 4.78 is 5.71. The highest BCUT2D eigenvalue weighted by Gasteiger charge is 2.29. The highest BCUT2D eigenvalue weighted by Crippen LogP contribution is 2.30. The van der Waals surface area contributed by atoms with Gasteiger partial charge < -0.3 is 9.64 Å². The number of cyclic esters (lactones) is 1. The lowest BCUT2D eigenvalue weighted by atomic mass is 9.84. The second-order valence-electron chi connectivity index (χ2n) is 8.00. The van der Waals surface area contributed by atoms with Gasteiger partial charge >= 0.3 is 5.97 Å². The van der Waals surface area contributed by atoms with Crippen LogP contribution in [0.2, 0.25) is 0 Å². The van der Waals surface area contributed by atoms with E-state index in [0.717, 1.165) is 31.3 Å². The van der Waals surface area contributed by atoms with Crippen molar-refractivity contribution in [3.63, 3.8) is 0 Å². The smallest absolute Gasteiger partial charge is 0.309 e. The number of hydrogen-bond acceptors (Lipinski definition) is 3. The molecule has 4 nitrogen and oxygen atoms in total. The van der Waals surface area contributed by atoms with E-state index in [0.29, 0.717) is 6.42 Å². The van der Waals surface area contributed by atoms with Crippen LogP contribution in [0.15, 0.2) is 23.4 Å². The molecular formula is C20H32ClNO3. The predicted octanol–water partition coefficient (Wildman–Crippen LogP) is 5.03. The molecule has 2 atom stereocenters. The van der Waals surface area contributed by atoms with Crippen molar-refractivity contribution < 1.29 is 14.3 Å². The minimum atomic E-state index is -0.283. The number of halogens is 1. The Morgan fingerprint density at radius 1 is 1.28 bits per heavy atom. The van der Waals surface area contributed by atoms with Crippen molar-refractivity contribution in [3.05, 3.63) is 23.4 Å². The van der Waals surface area contributed by atoms with E-state index in [-0.39, 0.29) is 35.7 Å². The average molecular weight is 370 g/mol. The summed E-state index contributed by atoms with van der Waals surface area (Å²) in [5.41, 5.74) is 2.54. The molecule has 0 radical (unpaired) electrons. The maximum absolute atomic E-state index is 12.3. The van der Waals surface area contributed by atoms with Gasteiger partial charge in [-0.15, -0.1) is 0 Å². The summed E-state index contributed by atoms with van der Waals surface area (Å²) in [7, 11) is 1.73. The van der Waals surface area contributed by atoms with E-state index in [1.165, 1.54) is 0 Å². The summed E-state index contributed by atoms with van der Waals surface area (Å²) in [6, 6.07) is 0. The van der Waals surface area contributed by atoms with Gasteiger partial charge in [-0.2, -0.15) is 0 Å². The first-order valence-electron chi connectivity index (χ1n) is 9.06. The van der Waals surface area contributed by atoms with Crippen LogP contribution in [0.5, 0.6) is 0 Å². The van der Waals surface area contributed by atoms with Crippen LogP contribution in [0.1, 0.15) is 66.2 Å². The zero-order chi connectivity index (χ0) is 19.0. The molecule has 1 rings (SSSR count). The number of hydrogen-bond donors (Lipinski definition) is 0. The van der Waals surface area contributed by atoms with Crippen LogP contribution < -0.4 is 0 Å². The van der Waals surface area contributed by atoms with Crippen molar-refractivity contribution in [1.82, 2.24) is 4.90 Å². The molecule has 2 unspecified atom stereocenters. The van der Waals surface area contributed by atoms with Crippen molar-refractivity contribution >= 4 is 23.5 Å². The van der Waals surface area contributed by atoms with Gasteiger partial charge in [0.05, 0.1) is 6.42 Å². The van der Waals surface area contributed by atoms with E-state index in [4.69, 9.17) is 16.3 Å². The summed E-state index contributed by atoms with van der Waals surface area (Å²) in [5, 5.41) is 0. The van der Waals surface area contributed by atoms with Crippen LogP contribution in [0.4, 0.5) is 0 Å². The van der Waals surface area contributed by atoms with Gasteiger partial charge in [0.15, 0.2) is 0 Å². The van der Waals surface area contributed by atoms with E-state index in [1.807, 2.05) is 6.92 Å². The Bertz CT molecular complexity index is 520. The molecule has 1 amide bonds. The van der Waals surface area contributed by atoms with Crippen molar-refractivity contribution in [1.29, 1.82) is 0 Å². The third-order valence-electron chi connectivity index (χ3n) is 4.61. The summed E-state index contributed by atoms with van der Waals surface area (Å²) in [6.07, 6.45) is 7.59. The Morgan fingerprint density at radius 2 is 1.96 bits per heavy atom. The quantitative estimate of drug-likeness (QED) is 0.562. The summed E-state index contributed by atoms with van der Waals surface area (Å²) in [6.45, 7) is 8.14. The topological polar surface area (TPSA) is 46.6 Å². The standard InChI is InChI=1S/C20H32ClNO3/c1-15-9-6-7-10-16(14-21)13-17(20(2,3)4)25-18(23)11-8-12-22(5)19(15)24/h8,12,14-15,17H,6-7,9-11,13H2,1-5H3. The van der Waals surface area contributed by atoms with Crippen molar-refractivity contribution in [3.8, 4) is 0 Å². The molecule has 0 saturated carbocycles. The molecule has 0 fully saturated rings.